The lowest BCUT2D eigenvalue weighted by Crippen LogP contribution is -2.45. The molecule has 0 aromatic heterocycles. The minimum absolute atomic E-state index is 0.0520. The number of phenolic OH excluding ortho intramolecular Hbond substituents is 1. The van der Waals surface area contributed by atoms with Gasteiger partial charge in [0.25, 0.3) is 0 Å². The van der Waals surface area contributed by atoms with Gasteiger partial charge in [-0.1, -0.05) is 12.1 Å². The van der Waals surface area contributed by atoms with Crippen LogP contribution in [0.1, 0.15) is 12.5 Å². The average Bonchev–Trinajstić information content (AvgIpc) is 2.55. The van der Waals surface area contributed by atoms with E-state index in [9.17, 15) is 9.90 Å². The Morgan fingerprint density at radius 3 is 2.64 bits per heavy atom. The summed E-state index contributed by atoms with van der Waals surface area (Å²) in [4.78, 5) is 16.3. The van der Waals surface area contributed by atoms with Crippen LogP contribution in [0.2, 0.25) is 0 Å². The number of amides is 2. The van der Waals surface area contributed by atoms with Gasteiger partial charge in [0.2, 0.25) is 0 Å². The summed E-state index contributed by atoms with van der Waals surface area (Å²) in [5.41, 5.74) is 1.00. The van der Waals surface area contributed by atoms with Crippen molar-refractivity contribution in [2.45, 2.75) is 13.5 Å². The van der Waals surface area contributed by atoms with Crippen LogP contribution in [0.4, 0.5) is 4.79 Å². The largest absolute Gasteiger partial charge is 0.508 e. The van der Waals surface area contributed by atoms with E-state index < -0.39 is 0 Å². The smallest absolute Gasteiger partial charge is 0.317 e. The number of morpholine rings is 1. The molecule has 6 nitrogen and oxygen atoms in total. The van der Waals surface area contributed by atoms with Crippen LogP contribution in [0.5, 0.6) is 5.75 Å². The summed E-state index contributed by atoms with van der Waals surface area (Å²) >= 11 is 0. The van der Waals surface area contributed by atoms with Crippen LogP contribution >= 0.6 is 0 Å². The van der Waals surface area contributed by atoms with Crippen molar-refractivity contribution in [2.24, 2.45) is 0 Å². The molecule has 1 saturated heterocycles. The Kier molecular flexibility index (Phi) is 6.48. The number of urea groups is 1. The molecule has 1 aromatic rings. The number of hydrogen-bond acceptors (Lipinski definition) is 4. The van der Waals surface area contributed by atoms with E-state index in [1.165, 1.54) is 0 Å². The Bertz CT molecular complexity index is 458. The van der Waals surface area contributed by atoms with Gasteiger partial charge < -0.3 is 20.1 Å². The Hall–Kier alpha value is -1.79. The van der Waals surface area contributed by atoms with Crippen molar-refractivity contribution in [3.8, 4) is 5.75 Å². The van der Waals surface area contributed by atoms with Crippen LogP contribution in [0.15, 0.2) is 24.3 Å². The first-order valence-corrected chi connectivity index (χ1v) is 7.80. The predicted octanol–water partition coefficient (Wildman–Crippen LogP) is 1.26. The molecule has 2 amide bonds. The van der Waals surface area contributed by atoms with Crippen molar-refractivity contribution in [3.63, 3.8) is 0 Å². The maximum Gasteiger partial charge on any atom is 0.317 e. The first-order chi connectivity index (χ1) is 10.7. The van der Waals surface area contributed by atoms with E-state index in [0.29, 0.717) is 19.6 Å². The third-order valence-corrected chi connectivity index (χ3v) is 3.79. The van der Waals surface area contributed by atoms with Crippen molar-refractivity contribution in [2.75, 3.05) is 45.9 Å². The molecule has 2 N–H and O–H groups in total. The number of nitrogens with one attached hydrogen (secondary N) is 1. The molecule has 1 aromatic carbocycles. The molecule has 1 aliphatic rings. The number of nitrogens with zero attached hydrogens (tertiary/aromatic N) is 2. The van der Waals surface area contributed by atoms with Crippen LogP contribution in [0.25, 0.3) is 0 Å². The molecular weight excluding hydrogens is 282 g/mol. The molecular formula is C16H25N3O3. The van der Waals surface area contributed by atoms with E-state index in [4.69, 9.17) is 4.74 Å². The van der Waals surface area contributed by atoms with E-state index in [0.717, 1.165) is 38.4 Å². The van der Waals surface area contributed by atoms with Gasteiger partial charge in [-0.2, -0.15) is 0 Å². The average molecular weight is 307 g/mol. The van der Waals surface area contributed by atoms with E-state index >= 15 is 0 Å². The van der Waals surface area contributed by atoms with Crippen molar-refractivity contribution >= 4 is 6.03 Å². The normalized spacial score (nSPS) is 15.5. The molecule has 1 fully saturated rings. The van der Waals surface area contributed by atoms with Gasteiger partial charge in [-0.25, -0.2) is 4.79 Å². The number of ether oxygens (including phenoxy) is 1. The fourth-order valence-corrected chi connectivity index (χ4v) is 2.41. The molecule has 1 heterocycles. The second-order valence-corrected chi connectivity index (χ2v) is 5.37. The first-order valence-electron chi connectivity index (χ1n) is 7.80. The summed E-state index contributed by atoms with van der Waals surface area (Å²) in [6.45, 7) is 8.05. The summed E-state index contributed by atoms with van der Waals surface area (Å²) < 4.78 is 5.30. The third kappa shape index (κ3) is 5.20. The van der Waals surface area contributed by atoms with Crippen LogP contribution < -0.4 is 5.32 Å². The Morgan fingerprint density at radius 2 is 2.00 bits per heavy atom. The molecule has 0 atom stereocenters. The standard InChI is InChI=1S/C16H25N3O3/c1-2-19(13-14-3-5-15(20)6-4-14)16(21)17-7-8-18-9-11-22-12-10-18/h3-6,20H,2,7-13H2,1H3,(H,17,21). The van der Waals surface area contributed by atoms with E-state index in [2.05, 4.69) is 10.2 Å². The SMILES string of the molecule is CCN(Cc1ccc(O)cc1)C(=O)NCCN1CCOCC1. The molecule has 122 valence electrons. The van der Waals surface area contributed by atoms with Crippen LogP contribution in [-0.2, 0) is 11.3 Å². The Morgan fingerprint density at radius 1 is 1.32 bits per heavy atom. The second-order valence-electron chi connectivity index (χ2n) is 5.37. The number of benzene rings is 1. The zero-order chi connectivity index (χ0) is 15.8. The number of hydrogen-bond donors (Lipinski definition) is 2. The fourth-order valence-electron chi connectivity index (χ4n) is 2.41. The molecule has 0 radical (unpaired) electrons. The third-order valence-electron chi connectivity index (χ3n) is 3.79. The highest BCUT2D eigenvalue weighted by Gasteiger charge is 2.13. The van der Waals surface area contributed by atoms with Crippen molar-refractivity contribution in [1.82, 2.24) is 15.1 Å². The van der Waals surface area contributed by atoms with Gasteiger partial charge in [-0.3, -0.25) is 4.90 Å². The van der Waals surface area contributed by atoms with Crippen LogP contribution in [0.3, 0.4) is 0 Å². The molecule has 22 heavy (non-hydrogen) atoms. The number of aromatic hydroxyl groups is 1. The van der Waals surface area contributed by atoms with Crippen molar-refractivity contribution in [3.05, 3.63) is 29.8 Å². The fraction of sp³-hybridized carbons (Fsp3) is 0.562. The van der Waals surface area contributed by atoms with Gasteiger partial charge in [-0.15, -0.1) is 0 Å². The number of carbonyl (C=O) groups is 1. The lowest BCUT2D eigenvalue weighted by atomic mass is 10.2. The zero-order valence-corrected chi connectivity index (χ0v) is 13.1. The van der Waals surface area contributed by atoms with Gasteiger partial charge in [0.15, 0.2) is 0 Å². The van der Waals surface area contributed by atoms with E-state index in [-0.39, 0.29) is 11.8 Å². The van der Waals surface area contributed by atoms with Gasteiger partial charge in [0, 0.05) is 39.3 Å². The van der Waals surface area contributed by atoms with Crippen LogP contribution in [0, 0.1) is 0 Å². The van der Waals surface area contributed by atoms with Gasteiger partial charge in [-0.05, 0) is 24.6 Å². The summed E-state index contributed by atoms with van der Waals surface area (Å²) in [5, 5.41) is 12.3. The first kappa shape index (κ1) is 16.6. The van der Waals surface area contributed by atoms with Crippen LogP contribution in [-0.4, -0.2) is 66.9 Å². The highest BCUT2D eigenvalue weighted by Crippen LogP contribution is 2.11. The second kappa shape index (κ2) is 8.60. The molecule has 2 rings (SSSR count). The lowest BCUT2D eigenvalue weighted by molar-refractivity contribution is 0.0386. The molecule has 0 saturated carbocycles. The van der Waals surface area contributed by atoms with Gasteiger partial charge >= 0.3 is 6.03 Å². The topological polar surface area (TPSA) is 65.0 Å². The van der Waals surface area contributed by atoms with E-state index in [1.807, 2.05) is 19.1 Å². The molecule has 0 spiro atoms. The maximum atomic E-state index is 12.2. The molecule has 0 bridgehead atoms. The quantitative estimate of drug-likeness (QED) is 0.830. The Balaban J connectivity index is 1.74. The van der Waals surface area contributed by atoms with E-state index in [1.54, 1.807) is 17.0 Å². The van der Waals surface area contributed by atoms with Crippen molar-refractivity contribution < 1.29 is 14.6 Å². The number of carbonyl (C=O) groups excluding carboxylic acids is 1. The predicted molar refractivity (Wildman–Crippen MR) is 84.8 cm³/mol. The molecule has 0 aliphatic carbocycles. The lowest BCUT2D eigenvalue weighted by Gasteiger charge is -2.27. The molecule has 6 heteroatoms. The zero-order valence-electron chi connectivity index (χ0n) is 13.1. The highest BCUT2D eigenvalue weighted by molar-refractivity contribution is 5.74. The van der Waals surface area contributed by atoms with Crippen molar-refractivity contribution in [1.29, 1.82) is 0 Å². The van der Waals surface area contributed by atoms with Gasteiger partial charge in [0.05, 0.1) is 13.2 Å². The molecule has 0 unspecified atom stereocenters. The molecule has 1 aliphatic heterocycles. The summed E-state index contributed by atoms with van der Waals surface area (Å²) in [5.74, 6) is 0.238. The minimum atomic E-state index is -0.0520. The minimum Gasteiger partial charge on any atom is -0.508 e. The van der Waals surface area contributed by atoms with Gasteiger partial charge in [0.1, 0.15) is 5.75 Å². The summed E-state index contributed by atoms with van der Waals surface area (Å²) in [6, 6.07) is 6.89. The maximum absolute atomic E-state index is 12.2. The number of phenols is 1. The highest BCUT2D eigenvalue weighted by atomic mass is 16.5. The number of rotatable bonds is 6. The Labute approximate surface area is 131 Å². The summed E-state index contributed by atoms with van der Waals surface area (Å²) in [6.07, 6.45) is 0. The summed E-state index contributed by atoms with van der Waals surface area (Å²) in [7, 11) is 0. The monoisotopic (exact) mass is 307 g/mol.